The molecular weight excluding hydrogens is 351 g/mol. The molecule has 2 aromatic carbocycles. The number of anilines is 1. The number of hydrogen-bond acceptors (Lipinski definition) is 4. The topological polar surface area (TPSA) is 51.2 Å². The number of nitrogens with one attached hydrogen (secondary N) is 1. The van der Waals surface area contributed by atoms with Crippen LogP contribution in [0.4, 0.5) is 9.52 Å². The number of aromatic nitrogens is 1. The Morgan fingerprint density at radius 2 is 1.96 bits per heavy atom. The fourth-order valence-corrected chi connectivity index (χ4v) is 3.04. The van der Waals surface area contributed by atoms with E-state index in [2.05, 4.69) is 17.2 Å². The van der Waals surface area contributed by atoms with E-state index in [0.717, 1.165) is 29.8 Å². The summed E-state index contributed by atoms with van der Waals surface area (Å²) in [5.41, 5.74) is 1.67. The summed E-state index contributed by atoms with van der Waals surface area (Å²) in [5.74, 6) is -0.241. The second kappa shape index (κ2) is 8.58. The predicted molar refractivity (Wildman–Crippen MR) is 102 cm³/mol. The summed E-state index contributed by atoms with van der Waals surface area (Å²) in [6, 6.07) is 13.5. The van der Waals surface area contributed by atoms with Crippen molar-refractivity contribution in [2.45, 2.75) is 19.8 Å². The van der Waals surface area contributed by atoms with E-state index in [0.29, 0.717) is 11.7 Å². The van der Waals surface area contributed by atoms with E-state index in [9.17, 15) is 9.18 Å². The highest BCUT2D eigenvalue weighted by Gasteiger charge is 2.13. The van der Waals surface area contributed by atoms with Crippen molar-refractivity contribution < 1.29 is 13.9 Å². The Morgan fingerprint density at radius 1 is 1.19 bits per heavy atom. The van der Waals surface area contributed by atoms with Crippen LogP contribution in [0.2, 0.25) is 0 Å². The molecule has 0 radical (unpaired) electrons. The molecule has 0 aliphatic heterocycles. The summed E-state index contributed by atoms with van der Waals surface area (Å²) < 4.78 is 19.3. The highest BCUT2D eigenvalue weighted by Crippen LogP contribution is 2.27. The summed E-state index contributed by atoms with van der Waals surface area (Å²) in [4.78, 5) is 16.6. The molecule has 0 bridgehead atoms. The fourth-order valence-electron chi connectivity index (χ4n) is 2.33. The standard InChI is InChI=1S/C20H19FN2O2S/c1-2-3-12-25-15-10-8-14(9-11-15)18-13-26-20(22-18)23-19(24)16-6-4-5-7-17(16)21/h4-11,13H,2-3,12H2,1H3,(H,22,23,24). The average Bonchev–Trinajstić information content (AvgIpc) is 3.11. The molecule has 0 unspecified atom stereocenters. The van der Waals surface area contributed by atoms with Crippen molar-refractivity contribution in [2.24, 2.45) is 0 Å². The maximum Gasteiger partial charge on any atom is 0.260 e. The van der Waals surface area contributed by atoms with Crippen molar-refractivity contribution in [2.75, 3.05) is 11.9 Å². The number of carbonyl (C=O) groups is 1. The van der Waals surface area contributed by atoms with Gasteiger partial charge in [0.25, 0.3) is 5.91 Å². The molecule has 0 saturated heterocycles. The van der Waals surface area contributed by atoms with Gasteiger partial charge in [-0.3, -0.25) is 10.1 Å². The molecule has 0 saturated carbocycles. The quantitative estimate of drug-likeness (QED) is 0.568. The number of thiazole rings is 1. The van der Waals surface area contributed by atoms with Gasteiger partial charge in [-0.2, -0.15) is 0 Å². The van der Waals surface area contributed by atoms with Crippen molar-refractivity contribution in [3.05, 3.63) is 65.3 Å². The van der Waals surface area contributed by atoms with Gasteiger partial charge in [-0.25, -0.2) is 9.37 Å². The molecule has 1 N–H and O–H groups in total. The molecule has 1 amide bonds. The molecule has 4 nitrogen and oxygen atoms in total. The van der Waals surface area contributed by atoms with Gasteiger partial charge in [0, 0.05) is 10.9 Å². The molecule has 0 spiro atoms. The van der Waals surface area contributed by atoms with E-state index in [-0.39, 0.29) is 5.56 Å². The molecular formula is C20H19FN2O2S. The number of nitrogens with zero attached hydrogens (tertiary/aromatic N) is 1. The van der Waals surface area contributed by atoms with Gasteiger partial charge in [0.05, 0.1) is 17.9 Å². The zero-order valence-corrected chi connectivity index (χ0v) is 15.2. The second-order valence-electron chi connectivity index (χ2n) is 5.70. The lowest BCUT2D eigenvalue weighted by molar-refractivity contribution is 0.102. The Balaban J connectivity index is 1.66. The zero-order valence-electron chi connectivity index (χ0n) is 14.4. The fraction of sp³-hybridized carbons (Fsp3) is 0.200. The third-order valence-electron chi connectivity index (χ3n) is 3.76. The van der Waals surface area contributed by atoms with E-state index < -0.39 is 11.7 Å². The van der Waals surface area contributed by atoms with Crippen LogP contribution in [0, 0.1) is 5.82 Å². The maximum absolute atomic E-state index is 13.7. The van der Waals surface area contributed by atoms with Crippen LogP contribution in [0.1, 0.15) is 30.1 Å². The largest absolute Gasteiger partial charge is 0.494 e. The number of benzene rings is 2. The van der Waals surface area contributed by atoms with Crippen LogP contribution in [-0.2, 0) is 0 Å². The first-order valence-corrected chi connectivity index (χ1v) is 9.30. The van der Waals surface area contributed by atoms with Crippen LogP contribution in [-0.4, -0.2) is 17.5 Å². The molecule has 6 heteroatoms. The molecule has 3 aromatic rings. The Labute approximate surface area is 155 Å². The molecule has 3 rings (SSSR count). The van der Waals surface area contributed by atoms with Gasteiger partial charge in [0.1, 0.15) is 11.6 Å². The summed E-state index contributed by atoms with van der Waals surface area (Å²) in [6.45, 7) is 2.83. The molecule has 0 aliphatic carbocycles. The first kappa shape index (κ1) is 18.1. The number of rotatable bonds is 7. The number of halogens is 1. The first-order valence-electron chi connectivity index (χ1n) is 8.42. The zero-order chi connectivity index (χ0) is 18.4. The predicted octanol–water partition coefficient (Wildman–Crippen LogP) is 5.38. The van der Waals surface area contributed by atoms with Gasteiger partial charge in [0.15, 0.2) is 5.13 Å². The van der Waals surface area contributed by atoms with Crippen LogP contribution < -0.4 is 10.1 Å². The highest BCUT2D eigenvalue weighted by atomic mass is 32.1. The van der Waals surface area contributed by atoms with Crippen molar-refractivity contribution in [1.82, 2.24) is 4.98 Å². The smallest absolute Gasteiger partial charge is 0.260 e. The molecule has 26 heavy (non-hydrogen) atoms. The van der Waals surface area contributed by atoms with Crippen LogP contribution in [0.3, 0.4) is 0 Å². The van der Waals surface area contributed by atoms with Crippen molar-refractivity contribution in [3.8, 4) is 17.0 Å². The SMILES string of the molecule is CCCCOc1ccc(-c2csc(NC(=O)c3ccccc3F)n2)cc1. The number of amides is 1. The number of ether oxygens (including phenoxy) is 1. The van der Waals surface area contributed by atoms with Gasteiger partial charge in [0.2, 0.25) is 0 Å². The third-order valence-corrected chi connectivity index (χ3v) is 4.52. The normalized spacial score (nSPS) is 10.5. The minimum absolute atomic E-state index is 0.00201. The van der Waals surface area contributed by atoms with Crippen LogP contribution in [0.5, 0.6) is 5.75 Å². The number of carbonyl (C=O) groups excluding carboxylic acids is 1. The highest BCUT2D eigenvalue weighted by molar-refractivity contribution is 7.14. The molecule has 1 heterocycles. The lowest BCUT2D eigenvalue weighted by atomic mass is 10.2. The van der Waals surface area contributed by atoms with Gasteiger partial charge < -0.3 is 4.74 Å². The van der Waals surface area contributed by atoms with E-state index in [1.807, 2.05) is 29.6 Å². The number of unbranched alkanes of at least 4 members (excludes halogenated alkanes) is 1. The van der Waals surface area contributed by atoms with Crippen LogP contribution >= 0.6 is 11.3 Å². The maximum atomic E-state index is 13.7. The lowest BCUT2D eigenvalue weighted by Gasteiger charge is -2.05. The lowest BCUT2D eigenvalue weighted by Crippen LogP contribution is -2.13. The Morgan fingerprint density at radius 3 is 2.69 bits per heavy atom. The Kier molecular flexibility index (Phi) is 5.96. The second-order valence-corrected chi connectivity index (χ2v) is 6.56. The van der Waals surface area contributed by atoms with Crippen molar-refractivity contribution in [3.63, 3.8) is 0 Å². The Bertz CT molecular complexity index is 878. The third kappa shape index (κ3) is 4.46. The first-order chi connectivity index (χ1) is 12.7. The van der Waals surface area contributed by atoms with E-state index >= 15 is 0 Å². The average molecular weight is 370 g/mol. The van der Waals surface area contributed by atoms with Crippen molar-refractivity contribution in [1.29, 1.82) is 0 Å². The van der Waals surface area contributed by atoms with Gasteiger partial charge in [-0.05, 0) is 42.8 Å². The van der Waals surface area contributed by atoms with Gasteiger partial charge in [-0.15, -0.1) is 11.3 Å². The van der Waals surface area contributed by atoms with Crippen LogP contribution in [0.15, 0.2) is 53.9 Å². The van der Waals surface area contributed by atoms with Gasteiger partial charge in [-0.1, -0.05) is 25.5 Å². The number of hydrogen-bond donors (Lipinski definition) is 1. The summed E-state index contributed by atoms with van der Waals surface area (Å²) >= 11 is 1.30. The molecule has 1 aromatic heterocycles. The van der Waals surface area contributed by atoms with E-state index in [4.69, 9.17) is 4.74 Å². The minimum Gasteiger partial charge on any atom is -0.494 e. The minimum atomic E-state index is -0.555. The van der Waals surface area contributed by atoms with E-state index in [1.165, 1.54) is 23.5 Å². The molecule has 0 aliphatic rings. The molecule has 134 valence electrons. The van der Waals surface area contributed by atoms with Crippen LogP contribution in [0.25, 0.3) is 11.3 Å². The summed E-state index contributed by atoms with van der Waals surface area (Å²) in [5, 5.41) is 4.92. The summed E-state index contributed by atoms with van der Waals surface area (Å²) in [6.07, 6.45) is 2.12. The van der Waals surface area contributed by atoms with Gasteiger partial charge >= 0.3 is 0 Å². The Hall–Kier alpha value is -2.73. The molecule has 0 atom stereocenters. The van der Waals surface area contributed by atoms with E-state index in [1.54, 1.807) is 12.1 Å². The molecule has 0 fully saturated rings. The monoisotopic (exact) mass is 370 g/mol. The van der Waals surface area contributed by atoms with Crippen molar-refractivity contribution >= 4 is 22.4 Å². The summed E-state index contributed by atoms with van der Waals surface area (Å²) in [7, 11) is 0.